The molecule has 0 atom stereocenters. The summed E-state index contributed by atoms with van der Waals surface area (Å²) in [6, 6.07) is 80.8. The molecule has 0 fully saturated rings. The van der Waals surface area contributed by atoms with E-state index >= 15 is 0 Å². The first-order chi connectivity index (χ1) is 29.3. The standard InChI is InChI=1S/C58H36S/c1-3-15-37(16-4-1)41-31-33-50-52(35-41)57(38-17-5-2-6-18-38)47-23-10-7-20-44(47)56(50)40-29-27-39(28-30-40)55-45-21-8-11-24-48(45)58(49-25-12-9-22-46(49)55)42-32-34-54-51(36-42)43-19-13-14-26-53(43)59-54/h1-36H. The molecule has 0 nitrogen and oxygen atoms in total. The molecule has 1 heteroatoms. The molecule has 0 N–H and O–H groups in total. The Labute approximate surface area is 346 Å². The quantitative estimate of drug-likeness (QED) is 0.153. The minimum absolute atomic E-state index is 1.21. The van der Waals surface area contributed by atoms with Gasteiger partial charge < -0.3 is 0 Å². The summed E-state index contributed by atoms with van der Waals surface area (Å²) in [6.45, 7) is 0. The van der Waals surface area contributed by atoms with Crippen LogP contribution in [0.25, 0.3) is 119 Å². The second-order valence-electron chi connectivity index (χ2n) is 15.5. The molecule has 0 spiro atoms. The zero-order valence-electron chi connectivity index (χ0n) is 32.2. The van der Waals surface area contributed by atoms with E-state index in [1.807, 2.05) is 11.3 Å². The van der Waals surface area contributed by atoms with E-state index in [4.69, 9.17) is 0 Å². The Kier molecular flexibility index (Phi) is 7.82. The van der Waals surface area contributed by atoms with Crippen LogP contribution in [0.2, 0.25) is 0 Å². The Balaban J connectivity index is 1.07. The van der Waals surface area contributed by atoms with Gasteiger partial charge in [0.25, 0.3) is 0 Å². The number of rotatable bonds is 5. The van der Waals surface area contributed by atoms with Crippen LogP contribution in [0.15, 0.2) is 218 Å². The first-order valence-corrected chi connectivity index (χ1v) is 21.2. The lowest BCUT2D eigenvalue weighted by Gasteiger charge is -2.20. The third-order valence-electron chi connectivity index (χ3n) is 12.3. The summed E-state index contributed by atoms with van der Waals surface area (Å²) in [5, 5.41) is 12.8. The summed E-state index contributed by atoms with van der Waals surface area (Å²) < 4.78 is 2.66. The molecular formula is C58H36S. The maximum absolute atomic E-state index is 2.41. The van der Waals surface area contributed by atoms with Gasteiger partial charge >= 0.3 is 0 Å². The lowest BCUT2D eigenvalue weighted by molar-refractivity contribution is 1.62. The second-order valence-corrected chi connectivity index (χ2v) is 16.6. The topological polar surface area (TPSA) is 0 Å². The van der Waals surface area contributed by atoms with Gasteiger partial charge in [0.15, 0.2) is 0 Å². The Morgan fingerprint density at radius 2 is 0.525 bits per heavy atom. The molecule has 274 valence electrons. The van der Waals surface area contributed by atoms with Gasteiger partial charge in [-0.2, -0.15) is 0 Å². The van der Waals surface area contributed by atoms with Crippen LogP contribution >= 0.6 is 11.3 Å². The highest BCUT2D eigenvalue weighted by atomic mass is 32.1. The van der Waals surface area contributed by atoms with Gasteiger partial charge in [-0.05, 0) is 123 Å². The minimum Gasteiger partial charge on any atom is -0.135 e. The molecule has 1 aromatic heterocycles. The van der Waals surface area contributed by atoms with Gasteiger partial charge in [0.05, 0.1) is 0 Å². The van der Waals surface area contributed by atoms with Crippen LogP contribution < -0.4 is 0 Å². The van der Waals surface area contributed by atoms with Crippen molar-refractivity contribution in [3.63, 3.8) is 0 Å². The molecule has 12 aromatic rings. The Bertz CT molecular complexity index is 3520. The molecule has 0 saturated heterocycles. The zero-order valence-corrected chi connectivity index (χ0v) is 33.0. The number of hydrogen-bond acceptors (Lipinski definition) is 1. The summed E-state index contributed by atoms with van der Waals surface area (Å²) in [7, 11) is 0. The lowest BCUT2D eigenvalue weighted by Crippen LogP contribution is -1.92. The van der Waals surface area contributed by atoms with Gasteiger partial charge in [0, 0.05) is 20.2 Å². The predicted molar refractivity (Wildman–Crippen MR) is 257 cm³/mol. The molecule has 0 unspecified atom stereocenters. The van der Waals surface area contributed by atoms with E-state index in [9.17, 15) is 0 Å². The predicted octanol–water partition coefficient (Wildman–Crippen LogP) is 17.0. The molecule has 0 aliphatic carbocycles. The average molecular weight is 765 g/mol. The summed E-state index contributed by atoms with van der Waals surface area (Å²) in [6.07, 6.45) is 0. The van der Waals surface area contributed by atoms with Crippen LogP contribution in [0, 0.1) is 0 Å². The summed E-state index contributed by atoms with van der Waals surface area (Å²) in [5.41, 5.74) is 12.5. The van der Waals surface area contributed by atoms with Gasteiger partial charge in [-0.3, -0.25) is 0 Å². The molecule has 0 aliphatic rings. The molecule has 0 radical (unpaired) electrons. The average Bonchev–Trinajstić information content (AvgIpc) is 3.68. The smallest absolute Gasteiger partial charge is 0.0355 e. The maximum Gasteiger partial charge on any atom is 0.0355 e. The molecule has 0 saturated carbocycles. The number of hydrogen-bond donors (Lipinski definition) is 0. The van der Waals surface area contributed by atoms with E-state index in [0.29, 0.717) is 0 Å². The SMILES string of the molecule is c1ccc(-c2ccc3c(-c4ccc(-c5c6ccccc6c(-c6ccc7sc8ccccc8c7c6)c6ccccc56)cc4)c4ccccc4c(-c4ccccc4)c3c2)cc1. The lowest BCUT2D eigenvalue weighted by atomic mass is 9.83. The number of benzene rings is 11. The van der Waals surface area contributed by atoms with E-state index < -0.39 is 0 Å². The normalized spacial score (nSPS) is 11.7. The third-order valence-corrected chi connectivity index (χ3v) is 13.4. The van der Waals surface area contributed by atoms with Gasteiger partial charge in [0.1, 0.15) is 0 Å². The van der Waals surface area contributed by atoms with Crippen molar-refractivity contribution in [1.82, 2.24) is 0 Å². The third kappa shape index (κ3) is 5.43. The highest BCUT2D eigenvalue weighted by molar-refractivity contribution is 7.25. The summed E-state index contributed by atoms with van der Waals surface area (Å²) in [5.74, 6) is 0. The largest absolute Gasteiger partial charge is 0.135 e. The monoisotopic (exact) mass is 764 g/mol. The van der Waals surface area contributed by atoms with Crippen LogP contribution in [0.4, 0.5) is 0 Å². The van der Waals surface area contributed by atoms with Gasteiger partial charge in [0.2, 0.25) is 0 Å². The molecule has 59 heavy (non-hydrogen) atoms. The number of fused-ring (bicyclic) bond motifs is 7. The Morgan fingerprint density at radius 1 is 0.186 bits per heavy atom. The molecule has 11 aromatic carbocycles. The minimum atomic E-state index is 1.21. The molecule has 0 aliphatic heterocycles. The van der Waals surface area contributed by atoms with Crippen molar-refractivity contribution in [1.29, 1.82) is 0 Å². The van der Waals surface area contributed by atoms with Crippen molar-refractivity contribution in [2.24, 2.45) is 0 Å². The van der Waals surface area contributed by atoms with Gasteiger partial charge in [-0.15, -0.1) is 11.3 Å². The van der Waals surface area contributed by atoms with Crippen molar-refractivity contribution >= 4 is 74.6 Å². The summed E-state index contributed by atoms with van der Waals surface area (Å²) in [4.78, 5) is 0. The first kappa shape index (κ1) is 33.8. The van der Waals surface area contributed by atoms with Gasteiger partial charge in [-0.1, -0.05) is 194 Å². The Hall–Kier alpha value is -7.32. The van der Waals surface area contributed by atoms with Crippen molar-refractivity contribution in [3.05, 3.63) is 218 Å². The molecule has 0 amide bonds. The molecule has 0 bridgehead atoms. The van der Waals surface area contributed by atoms with Crippen LogP contribution in [-0.4, -0.2) is 0 Å². The van der Waals surface area contributed by atoms with Crippen LogP contribution in [0.3, 0.4) is 0 Å². The van der Waals surface area contributed by atoms with Crippen molar-refractivity contribution in [2.75, 3.05) is 0 Å². The summed E-state index contributed by atoms with van der Waals surface area (Å²) >= 11 is 1.87. The van der Waals surface area contributed by atoms with Crippen molar-refractivity contribution in [3.8, 4) is 55.6 Å². The van der Waals surface area contributed by atoms with E-state index in [-0.39, 0.29) is 0 Å². The Morgan fingerprint density at radius 3 is 1.07 bits per heavy atom. The fraction of sp³-hybridized carbons (Fsp3) is 0. The number of thiophene rings is 1. The van der Waals surface area contributed by atoms with Crippen molar-refractivity contribution in [2.45, 2.75) is 0 Å². The highest BCUT2D eigenvalue weighted by Crippen LogP contribution is 2.48. The first-order valence-electron chi connectivity index (χ1n) is 20.3. The molecule has 12 rings (SSSR count). The van der Waals surface area contributed by atoms with Crippen LogP contribution in [-0.2, 0) is 0 Å². The van der Waals surface area contributed by atoms with Crippen molar-refractivity contribution < 1.29 is 0 Å². The molecular weight excluding hydrogens is 729 g/mol. The fourth-order valence-electron chi connectivity index (χ4n) is 9.65. The van der Waals surface area contributed by atoms with Gasteiger partial charge in [-0.25, -0.2) is 0 Å². The van der Waals surface area contributed by atoms with E-state index in [0.717, 1.165) is 0 Å². The zero-order chi connectivity index (χ0) is 38.9. The maximum atomic E-state index is 2.41. The fourth-order valence-corrected chi connectivity index (χ4v) is 10.7. The van der Waals surface area contributed by atoms with Crippen LogP contribution in [0.1, 0.15) is 0 Å². The second kappa shape index (κ2) is 13.7. The van der Waals surface area contributed by atoms with E-state index in [1.165, 1.54) is 119 Å². The van der Waals surface area contributed by atoms with E-state index in [1.54, 1.807) is 0 Å². The molecule has 1 heterocycles. The van der Waals surface area contributed by atoms with E-state index in [2.05, 4.69) is 218 Å². The highest BCUT2D eigenvalue weighted by Gasteiger charge is 2.20. The van der Waals surface area contributed by atoms with Crippen LogP contribution in [0.5, 0.6) is 0 Å².